The van der Waals surface area contributed by atoms with Crippen molar-refractivity contribution in [3.63, 3.8) is 0 Å². The van der Waals surface area contributed by atoms with Gasteiger partial charge in [0.15, 0.2) is 0 Å². The van der Waals surface area contributed by atoms with Crippen molar-refractivity contribution in [3.05, 3.63) is 28.8 Å². The van der Waals surface area contributed by atoms with Crippen LogP contribution in [0.5, 0.6) is 0 Å². The van der Waals surface area contributed by atoms with Gasteiger partial charge in [0.25, 0.3) is 0 Å². The highest BCUT2D eigenvalue weighted by atomic mass is 35.5. The largest absolute Gasteiger partial charge is 0.384 e. The van der Waals surface area contributed by atoms with Crippen LogP contribution in [0.1, 0.15) is 19.4 Å². The summed E-state index contributed by atoms with van der Waals surface area (Å²) in [4.78, 5) is 0. The second-order valence-corrected chi connectivity index (χ2v) is 6.04. The fourth-order valence-electron chi connectivity index (χ4n) is 1.10. The van der Waals surface area contributed by atoms with Crippen molar-refractivity contribution in [1.29, 1.82) is 5.26 Å². The van der Waals surface area contributed by atoms with Crippen LogP contribution in [0.3, 0.4) is 0 Å². The van der Waals surface area contributed by atoms with Gasteiger partial charge in [-0.1, -0.05) is 11.6 Å². The molecule has 0 saturated carbocycles. The Balaban J connectivity index is 2.70. The molecule has 1 aromatic rings. The van der Waals surface area contributed by atoms with Crippen LogP contribution in [-0.2, 0) is 0 Å². The molecular weight excluding hydrogens is 240 g/mol. The summed E-state index contributed by atoms with van der Waals surface area (Å²) in [5.41, 5.74) is 1.46. The Hall–Kier alpha value is -0.850. The molecule has 0 heterocycles. The highest BCUT2D eigenvalue weighted by Crippen LogP contribution is 2.24. The zero-order valence-electron chi connectivity index (χ0n) is 9.67. The first-order valence-electron chi connectivity index (χ1n) is 4.97. The standard InChI is InChI=1S/C12H15ClN2S/c1-12(2,16-3)8-15-10-5-4-9(7-14)11(13)6-10/h4-6,15H,8H2,1-3H3. The number of thioether (sulfide) groups is 1. The molecule has 0 spiro atoms. The minimum absolute atomic E-state index is 0.181. The van der Waals surface area contributed by atoms with Crippen molar-refractivity contribution in [2.24, 2.45) is 0 Å². The van der Waals surface area contributed by atoms with E-state index >= 15 is 0 Å². The van der Waals surface area contributed by atoms with Gasteiger partial charge in [0.1, 0.15) is 6.07 Å². The van der Waals surface area contributed by atoms with E-state index < -0.39 is 0 Å². The number of hydrogen-bond acceptors (Lipinski definition) is 3. The molecule has 1 N–H and O–H groups in total. The van der Waals surface area contributed by atoms with Gasteiger partial charge in [-0.3, -0.25) is 0 Å². The molecule has 0 amide bonds. The predicted molar refractivity (Wildman–Crippen MR) is 72.3 cm³/mol. The molecule has 1 rings (SSSR count). The topological polar surface area (TPSA) is 35.8 Å². The van der Waals surface area contributed by atoms with Crippen LogP contribution in [-0.4, -0.2) is 17.5 Å². The van der Waals surface area contributed by atoms with Gasteiger partial charge in [0.05, 0.1) is 10.6 Å². The fraction of sp³-hybridized carbons (Fsp3) is 0.417. The molecule has 0 aliphatic rings. The summed E-state index contributed by atoms with van der Waals surface area (Å²) in [6, 6.07) is 7.44. The maximum Gasteiger partial charge on any atom is 0.101 e. The van der Waals surface area contributed by atoms with E-state index in [0.29, 0.717) is 10.6 Å². The van der Waals surface area contributed by atoms with Crippen LogP contribution in [0, 0.1) is 11.3 Å². The smallest absolute Gasteiger partial charge is 0.101 e. The second-order valence-electron chi connectivity index (χ2n) is 4.12. The van der Waals surface area contributed by atoms with E-state index in [-0.39, 0.29) is 4.75 Å². The molecule has 0 aliphatic heterocycles. The molecule has 0 aromatic heterocycles. The van der Waals surface area contributed by atoms with E-state index in [1.807, 2.05) is 23.9 Å². The Morgan fingerprint density at radius 2 is 2.19 bits per heavy atom. The molecule has 16 heavy (non-hydrogen) atoms. The first kappa shape index (κ1) is 13.2. The quantitative estimate of drug-likeness (QED) is 0.889. The molecular formula is C12H15ClN2S. The molecule has 0 fully saturated rings. The minimum Gasteiger partial charge on any atom is -0.384 e. The zero-order valence-corrected chi connectivity index (χ0v) is 11.2. The van der Waals surface area contributed by atoms with Gasteiger partial charge in [0, 0.05) is 17.0 Å². The lowest BCUT2D eigenvalue weighted by Gasteiger charge is -2.23. The predicted octanol–water partition coefficient (Wildman–Crippen LogP) is 3.77. The monoisotopic (exact) mass is 254 g/mol. The fourth-order valence-corrected chi connectivity index (χ4v) is 1.54. The van der Waals surface area contributed by atoms with Gasteiger partial charge in [-0.05, 0) is 38.3 Å². The highest BCUT2D eigenvalue weighted by molar-refractivity contribution is 7.99. The maximum absolute atomic E-state index is 8.75. The van der Waals surface area contributed by atoms with Crippen molar-refractivity contribution in [2.45, 2.75) is 18.6 Å². The van der Waals surface area contributed by atoms with E-state index in [0.717, 1.165) is 12.2 Å². The van der Waals surface area contributed by atoms with Crippen LogP contribution >= 0.6 is 23.4 Å². The number of nitrogens with one attached hydrogen (secondary N) is 1. The zero-order chi connectivity index (χ0) is 12.2. The van der Waals surface area contributed by atoms with Crippen LogP contribution in [0.4, 0.5) is 5.69 Å². The van der Waals surface area contributed by atoms with Crippen molar-refractivity contribution in [2.75, 3.05) is 18.1 Å². The minimum atomic E-state index is 0.181. The summed E-state index contributed by atoms with van der Waals surface area (Å²) in [6.07, 6.45) is 2.09. The molecule has 0 radical (unpaired) electrons. The average Bonchev–Trinajstić information content (AvgIpc) is 2.27. The van der Waals surface area contributed by atoms with Gasteiger partial charge < -0.3 is 5.32 Å². The van der Waals surface area contributed by atoms with Crippen LogP contribution in [0.2, 0.25) is 5.02 Å². The molecule has 86 valence electrons. The summed E-state index contributed by atoms with van der Waals surface area (Å²) < 4.78 is 0.181. The van der Waals surface area contributed by atoms with Gasteiger partial charge in [-0.2, -0.15) is 17.0 Å². The van der Waals surface area contributed by atoms with E-state index in [4.69, 9.17) is 16.9 Å². The van der Waals surface area contributed by atoms with Gasteiger partial charge in [-0.25, -0.2) is 0 Å². The molecule has 1 aromatic carbocycles. The number of anilines is 1. The molecule has 0 aliphatic carbocycles. The Morgan fingerprint density at radius 1 is 1.50 bits per heavy atom. The van der Waals surface area contributed by atoms with Gasteiger partial charge >= 0.3 is 0 Å². The van der Waals surface area contributed by atoms with Crippen LogP contribution in [0.15, 0.2) is 18.2 Å². The van der Waals surface area contributed by atoms with E-state index in [1.54, 1.807) is 12.1 Å². The third-order valence-electron chi connectivity index (χ3n) is 2.36. The summed E-state index contributed by atoms with van der Waals surface area (Å²) in [6.45, 7) is 5.21. The lowest BCUT2D eigenvalue weighted by molar-refractivity contribution is 0.753. The first-order valence-corrected chi connectivity index (χ1v) is 6.57. The number of halogens is 1. The third kappa shape index (κ3) is 3.62. The average molecular weight is 255 g/mol. The SMILES string of the molecule is CSC(C)(C)CNc1ccc(C#N)c(Cl)c1. The summed E-state index contributed by atoms with van der Waals surface area (Å²) >= 11 is 7.76. The summed E-state index contributed by atoms with van der Waals surface area (Å²) in [5.74, 6) is 0. The van der Waals surface area contributed by atoms with E-state index in [2.05, 4.69) is 25.4 Å². The number of hydrogen-bond donors (Lipinski definition) is 1. The molecule has 0 unspecified atom stereocenters. The highest BCUT2D eigenvalue weighted by Gasteiger charge is 2.15. The first-order chi connectivity index (χ1) is 7.48. The number of nitrogens with zero attached hydrogens (tertiary/aromatic N) is 1. The third-order valence-corrected chi connectivity index (χ3v) is 3.92. The van der Waals surface area contributed by atoms with Crippen molar-refractivity contribution < 1.29 is 0 Å². The Morgan fingerprint density at radius 3 is 2.69 bits per heavy atom. The molecule has 0 atom stereocenters. The number of nitriles is 1. The van der Waals surface area contributed by atoms with Gasteiger partial charge in [-0.15, -0.1) is 0 Å². The maximum atomic E-state index is 8.75. The van der Waals surface area contributed by atoms with Crippen molar-refractivity contribution in [1.82, 2.24) is 0 Å². The van der Waals surface area contributed by atoms with Crippen LogP contribution < -0.4 is 5.32 Å². The Labute approximate surface area is 106 Å². The van der Waals surface area contributed by atoms with E-state index in [1.165, 1.54) is 0 Å². The van der Waals surface area contributed by atoms with E-state index in [9.17, 15) is 0 Å². The Kier molecular flexibility index (Phi) is 4.52. The molecule has 4 heteroatoms. The number of rotatable bonds is 4. The molecule has 0 saturated heterocycles. The number of benzene rings is 1. The summed E-state index contributed by atoms with van der Waals surface area (Å²) in [7, 11) is 0. The van der Waals surface area contributed by atoms with Crippen molar-refractivity contribution in [3.8, 4) is 6.07 Å². The van der Waals surface area contributed by atoms with Gasteiger partial charge in [0.2, 0.25) is 0 Å². The lowest BCUT2D eigenvalue weighted by Crippen LogP contribution is -2.25. The second kappa shape index (κ2) is 5.47. The Bertz CT molecular complexity index is 410. The summed E-state index contributed by atoms with van der Waals surface area (Å²) in [5, 5.41) is 12.6. The normalized spacial score (nSPS) is 10.9. The molecule has 2 nitrogen and oxygen atoms in total. The van der Waals surface area contributed by atoms with Crippen LogP contribution in [0.25, 0.3) is 0 Å². The lowest BCUT2D eigenvalue weighted by atomic mass is 10.2. The molecule has 0 bridgehead atoms. The van der Waals surface area contributed by atoms with Crippen molar-refractivity contribution >= 4 is 29.1 Å².